The molecule has 2 amide bonds. The highest BCUT2D eigenvalue weighted by molar-refractivity contribution is 7.91. The number of amides is 2. The van der Waals surface area contributed by atoms with Crippen molar-refractivity contribution in [2.45, 2.75) is 19.4 Å². The van der Waals surface area contributed by atoms with Gasteiger partial charge < -0.3 is 9.64 Å². The second kappa shape index (κ2) is 6.99. The van der Waals surface area contributed by atoms with Gasteiger partial charge >= 0.3 is 6.09 Å². The van der Waals surface area contributed by atoms with Crippen molar-refractivity contribution in [2.24, 2.45) is 0 Å². The van der Waals surface area contributed by atoms with Gasteiger partial charge in [-0.2, -0.15) is 0 Å². The van der Waals surface area contributed by atoms with E-state index in [4.69, 9.17) is 4.74 Å². The molecule has 0 bridgehead atoms. The summed E-state index contributed by atoms with van der Waals surface area (Å²) in [6.45, 7) is 1.98. The first-order valence-electron chi connectivity index (χ1n) is 7.34. The molecular formula is C15H20N2O5S. The molecule has 0 saturated carbocycles. The third-order valence-corrected chi connectivity index (χ3v) is 5.48. The average molecular weight is 340 g/mol. The zero-order chi connectivity index (χ0) is 17.0. The molecule has 1 saturated heterocycles. The van der Waals surface area contributed by atoms with Crippen LogP contribution in [0.3, 0.4) is 0 Å². The van der Waals surface area contributed by atoms with E-state index in [0.29, 0.717) is 17.7 Å². The molecule has 1 atom stereocenters. The van der Waals surface area contributed by atoms with Crippen LogP contribution in [0.2, 0.25) is 0 Å². The van der Waals surface area contributed by atoms with Crippen molar-refractivity contribution in [2.75, 3.05) is 30.5 Å². The van der Waals surface area contributed by atoms with Crippen molar-refractivity contribution >= 4 is 27.5 Å². The van der Waals surface area contributed by atoms with Crippen molar-refractivity contribution in [3.05, 3.63) is 29.8 Å². The largest absolute Gasteiger partial charge is 0.450 e. The first kappa shape index (κ1) is 17.3. The van der Waals surface area contributed by atoms with Gasteiger partial charge in [0.05, 0.1) is 18.1 Å². The molecular weight excluding hydrogens is 320 g/mol. The Labute approximate surface area is 135 Å². The summed E-state index contributed by atoms with van der Waals surface area (Å²) < 4.78 is 27.8. The summed E-state index contributed by atoms with van der Waals surface area (Å²) in [7, 11) is -1.43. The molecule has 1 aliphatic heterocycles. The van der Waals surface area contributed by atoms with E-state index in [2.05, 4.69) is 5.32 Å². The number of hydrogen-bond acceptors (Lipinski definition) is 5. The lowest BCUT2D eigenvalue weighted by Crippen LogP contribution is -2.37. The van der Waals surface area contributed by atoms with Crippen LogP contribution >= 0.6 is 0 Å². The van der Waals surface area contributed by atoms with Crippen LogP contribution in [0.15, 0.2) is 24.3 Å². The molecule has 0 aromatic heterocycles. The van der Waals surface area contributed by atoms with Gasteiger partial charge in [-0.25, -0.2) is 13.2 Å². The minimum Gasteiger partial charge on any atom is -0.450 e. The predicted octanol–water partition coefficient (Wildman–Crippen LogP) is 1.51. The fourth-order valence-electron chi connectivity index (χ4n) is 2.43. The molecule has 1 fully saturated rings. The van der Waals surface area contributed by atoms with E-state index in [1.807, 2.05) is 0 Å². The van der Waals surface area contributed by atoms with Gasteiger partial charge in [-0.05, 0) is 37.6 Å². The lowest BCUT2D eigenvalue weighted by Gasteiger charge is -2.23. The van der Waals surface area contributed by atoms with E-state index in [1.165, 1.54) is 4.90 Å². The lowest BCUT2D eigenvalue weighted by molar-refractivity contribution is 0.0747. The highest BCUT2D eigenvalue weighted by atomic mass is 32.2. The van der Waals surface area contributed by atoms with E-state index in [1.54, 1.807) is 38.2 Å². The zero-order valence-electron chi connectivity index (χ0n) is 13.1. The molecule has 1 aromatic rings. The Morgan fingerprint density at radius 1 is 1.30 bits per heavy atom. The summed E-state index contributed by atoms with van der Waals surface area (Å²) in [4.78, 5) is 25.2. The van der Waals surface area contributed by atoms with E-state index < -0.39 is 15.9 Å². The molecule has 23 heavy (non-hydrogen) atoms. The number of carbonyl (C=O) groups is 2. The van der Waals surface area contributed by atoms with E-state index >= 15 is 0 Å². The third-order valence-electron chi connectivity index (χ3n) is 3.73. The number of carbonyl (C=O) groups excluding carboxylic acids is 2. The van der Waals surface area contributed by atoms with Gasteiger partial charge in [-0.15, -0.1) is 0 Å². The second-order valence-electron chi connectivity index (χ2n) is 5.40. The number of ether oxygens (including phenoxy) is 1. The molecule has 1 heterocycles. The normalized spacial score (nSPS) is 19.1. The van der Waals surface area contributed by atoms with E-state index in [9.17, 15) is 18.0 Å². The Bertz CT molecular complexity index is 684. The van der Waals surface area contributed by atoms with Crippen LogP contribution < -0.4 is 5.32 Å². The van der Waals surface area contributed by atoms with Gasteiger partial charge in [-0.1, -0.05) is 0 Å². The molecule has 0 aliphatic carbocycles. The topological polar surface area (TPSA) is 92.8 Å². The number of anilines is 1. The molecule has 0 spiro atoms. The minimum absolute atomic E-state index is 0.0116. The molecule has 1 aliphatic rings. The van der Waals surface area contributed by atoms with Gasteiger partial charge in [0.1, 0.15) is 0 Å². The first-order chi connectivity index (χ1) is 10.8. The third kappa shape index (κ3) is 4.44. The van der Waals surface area contributed by atoms with Gasteiger partial charge in [-0.3, -0.25) is 10.1 Å². The van der Waals surface area contributed by atoms with E-state index in [-0.39, 0.29) is 30.1 Å². The molecule has 0 radical (unpaired) electrons. The minimum atomic E-state index is -3.04. The van der Waals surface area contributed by atoms with Crippen LogP contribution in [-0.4, -0.2) is 56.5 Å². The summed E-state index contributed by atoms with van der Waals surface area (Å²) in [5, 5.41) is 2.54. The van der Waals surface area contributed by atoms with Crippen LogP contribution in [0.5, 0.6) is 0 Å². The monoisotopic (exact) mass is 340 g/mol. The summed E-state index contributed by atoms with van der Waals surface area (Å²) in [5.41, 5.74) is 0.956. The summed E-state index contributed by atoms with van der Waals surface area (Å²) in [6, 6.07) is 6.09. The predicted molar refractivity (Wildman–Crippen MR) is 86.2 cm³/mol. The molecule has 1 N–H and O–H groups in total. The zero-order valence-corrected chi connectivity index (χ0v) is 13.9. The Kier molecular flexibility index (Phi) is 5.25. The van der Waals surface area contributed by atoms with Crippen LogP contribution in [0.25, 0.3) is 0 Å². The van der Waals surface area contributed by atoms with Crippen molar-refractivity contribution in [3.8, 4) is 0 Å². The van der Waals surface area contributed by atoms with Crippen LogP contribution in [0, 0.1) is 0 Å². The van der Waals surface area contributed by atoms with Crippen LogP contribution in [0.4, 0.5) is 10.5 Å². The maximum atomic E-state index is 12.4. The molecule has 7 nitrogen and oxygen atoms in total. The summed E-state index contributed by atoms with van der Waals surface area (Å²) in [5.74, 6) is -0.107. The average Bonchev–Trinajstić information content (AvgIpc) is 2.87. The highest BCUT2D eigenvalue weighted by Gasteiger charge is 2.32. The fraction of sp³-hybridized carbons (Fsp3) is 0.467. The molecule has 126 valence electrons. The molecule has 2 rings (SSSR count). The summed E-state index contributed by atoms with van der Waals surface area (Å²) in [6.07, 6.45) is -0.0903. The maximum Gasteiger partial charge on any atom is 0.411 e. The lowest BCUT2D eigenvalue weighted by atomic mass is 10.1. The number of hydrogen-bond donors (Lipinski definition) is 1. The Morgan fingerprint density at radius 2 is 1.96 bits per heavy atom. The van der Waals surface area contributed by atoms with Gasteiger partial charge in [0.15, 0.2) is 9.84 Å². The number of benzene rings is 1. The van der Waals surface area contributed by atoms with Gasteiger partial charge in [0, 0.05) is 24.3 Å². The number of nitrogens with one attached hydrogen (secondary N) is 1. The molecule has 8 heteroatoms. The first-order valence-corrected chi connectivity index (χ1v) is 9.16. The number of nitrogens with zero attached hydrogens (tertiary/aromatic N) is 1. The van der Waals surface area contributed by atoms with Crippen LogP contribution in [0.1, 0.15) is 23.7 Å². The van der Waals surface area contributed by atoms with E-state index in [0.717, 1.165) is 0 Å². The second-order valence-corrected chi connectivity index (χ2v) is 7.62. The van der Waals surface area contributed by atoms with Crippen molar-refractivity contribution in [1.82, 2.24) is 4.90 Å². The van der Waals surface area contributed by atoms with Gasteiger partial charge in [0.25, 0.3) is 5.91 Å². The fourth-order valence-corrected chi connectivity index (χ4v) is 4.21. The number of sulfone groups is 1. The quantitative estimate of drug-likeness (QED) is 0.897. The Balaban J connectivity index is 2.01. The standard InChI is InChI=1S/C15H20N2O5S/c1-3-22-15(19)16-12-6-4-11(5-7-12)14(18)17(2)13-8-9-23(20,21)10-13/h4-7,13H,3,8-10H2,1-2H3,(H,16,19). The summed E-state index contributed by atoms with van der Waals surface area (Å²) >= 11 is 0. The number of rotatable bonds is 4. The maximum absolute atomic E-state index is 12.4. The Hall–Kier alpha value is -2.09. The molecule has 1 aromatic carbocycles. The van der Waals surface area contributed by atoms with Crippen LogP contribution in [-0.2, 0) is 14.6 Å². The highest BCUT2D eigenvalue weighted by Crippen LogP contribution is 2.19. The van der Waals surface area contributed by atoms with Crippen molar-refractivity contribution in [1.29, 1.82) is 0 Å². The Morgan fingerprint density at radius 3 is 2.48 bits per heavy atom. The molecule has 1 unspecified atom stereocenters. The van der Waals surface area contributed by atoms with Gasteiger partial charge in [0.2, 0.25) is 0 Å². The van der Waals surface area contributed by atoms with Crippen molar-refractivity contribution in [3.63, 3.8) is 0 Å². The smallest absolute Gasteiger partial charge is 0.411 e. The SMILES string of the molecule is CCOC(=O)Nc1ccc(C(=O)N(C)C2CCS(=O)(=O)C2)cc1. The van der Waals surface area contributed by atoms with Crippen molar-refractivity contribution < 1.29 is 22.7 Å².